The highest BCUT2D eigenvalue weighted by Crippen LogP contribution is 2.26. The number of methoxy groups -OCH3 is 1. The molecule has 0 saturated carbocycles. The second kappa shape index (κ2) is 9.47. The highest BCUT2D eigenvalue weighted by atomic mass is 19.1. The average molecular weight is 412 g/mol. The summed E-state index contributed by atoms with van der Waals surface area (Å²) in [5.74, 6) is -0.476. The molecule has 0 aliphatic carbocycles. The Morgan fingerprint density at radius 2 is 1.73 bits per heavy atom. The topological polar surface area (TPSA) is 42.3 Å². The molecule has 0 fully saturated rings. The van der Waals surface area contributed by atoms with E-state index in [4.69, 9.17) is 9.84 Å². The molecule has 1 aliphatic heterocycles. The van der Waals surface area contributed by atoms with Crippen LogP contribution in [0.1, 0.15) is 22.5 Å². The number of aromatic nitrogens is 2. The number of rotatable bonds is 8. The monoisotopic (exact) mass is 412 g/mol. The van der Waals surface area contributed by atoms with E-state index in [1.165, 1.54) is 35.5 Å². The molecular formula is C23H26F2N4O. The summed E-state index contributed by atoms with van der Waals surface area (Å²) in [5, 5.41) is 8.23. The Morgan fingerprint density at radius 3 is 2.43 bits per heavy atom. The maximum Gasteiger partial charge on any atom is 0.123 e. The molecule has 1 aromatic heterocycles. The van der Waals surface area contributed by atoms with Gasteiger partial charge in [0.2, 0.25) is 0 Å². The van der Waals surface area contributed by atoms with Gasteiger partial charge < -0.3 is 10.1 Å². The Bertz CT molecular complexity index is 970. The van der Waals surface area contributed by atoms with Crippen molar-refractivity contribution in [2.75, 3.05) is 26.8 Å². The van der Waals surface area contributed by atoms with Crippen LogP contribution in [0.25, 0.3) is 5.69 Å². The normalized spacial score (nSPS) is 14.1. The molecule has 3 aromatic rings. The van der Waals surface area contributed by atoms with Crippen molar-refractivity contribution in [1.82, 2.24) is 20.0 Å². The van der Waals surface area contributed by atoms with Crippen LogP contribution in [0.3, 0.4) is 0 Å². The zero-order valence-electron chi connectivity index (χ0n) is 17.1. The van der Waals surface area contributed by atoms with Crippen LogP contribution < -0.4 is 5.32 Å². The molecule has 0 saturated heterocycles. The van der Waals surface area contributed by atoms with Gasteiger partial charge in [-0.1, -0.05) is 12.1 Å². The second-order valence-electron chi connectivity index (χ2n) is 7.52. The molecule has 2 heterocycles. The zero-order chi connectivity index (χ0) is 20.9. The van der Waals surface area contributed by atoms with Crippen molar-refractivity contribution < 1.29 is 13.5 Å². The van der Waals surface area contributed by atoms with Gasteiger partial charge in [-0.2, -0.15) is 5.10 Å². The van der Waals surface area contributed by atoms with Crippen LogP contribution in [-0.4, -0.2) is 41.5 Å². The lowest BCUT2D eigenvalue weighted by atomic mass is 10.0. The Balaban J connectivity index is 1.57. The van der Waals surface area contributed by atoms with Crippen LogP contribution in [0.15, 0.2) is 48.5 Å². The Morgan fingerprint density at radius 1 is 1.03 bits per heavy atom. The van der Waals surface area contributed by atoms with Gasteiger partial charge in [-0.15, -0.1) is 0 Å². The Labute approximate surface area is 175 Å². The minimum atomic E-state index is -0.258. The van der Waals surface area contributed by atoms with Crippen LogP contribution in [0.2, 0.25) is 0 Å². The van der Waals surface area contributed by atoms with E-state index in [-0.39, 0.29) is 11.6 Å². The van der Waals surface area contributed by atoms with E-state index >= 15 is 0 Å². The summed E-state index contributed by atoms with van der Waals surface area (Å²) in [5.41, 5.74) is 5.32. The van der Waals surface area contributed by atoms with Gasteiger partial charge in [0, 0.05) is 51.8 Å². The van der Waals surface area contributed by atoms with Gasteiger partial charge in [-0.3, -0.25) is 4.90 Å². The van der Waals surface area contributed by atoms with Crippen molar-refractivity contribution in [2.24, 2.45) is 0 Å². The maximum absolute atomic E-state index is 13.4. The first-order valence-electron chi connectivity index (χ1n) is 10.2. The summed E-state index contributed by atoms with van der Waals surface area (Å²) in [7, 11) is 1.68. The fourth-order valence-corrected chi connectivity index (χ4v) is 3.84. The molecule has 2 aromatic carbocycles. The largest absolute Gasteiger partial charge is 0.383 e. The summed E-state index contributed by atoms with van der Waals surface area (Å²) in [6.07, 6.45) is 0.846. The van der Waals surface area contributed by atoms with Crippen LogP contribution in [0.5, 0.6) is 0 Å². The predicted octanol–water partition coefficient (Wildman–Crippen LogP) is 3.44. The number of benzene rings is 2. The molecule has 1 aliphatic rings. The molecule has 0 atom stereocenters. The van der Waals surface area contributed by atoms with Crippen LogP contribution in [0.4, 0.5) is 8.78 Å². The van der Waals surface area contributed by atoms with Gasteiger partial charge in [0.15, 0.2) is 0 Å². The number of halogens is 2. The number of hydrogen-bond acceptors (Lipinski definition) is 4. The summed E-state index contributed by atoms with van der Waals surface area (Å²) in [4.78, 5) is 2.35. The van der Waals surface area contributed by atoms with E-state index in [1.807, 2.05) is 16.8 Å². The van der Waals surface area contributed by atoms with E-state index < -0.39 is 0 Å². The van der Waals surface area contributed by atoms with Crippen molar-refractivity contribution in [1.29, 1.82) is 0 Å². The van der Waals surface area contributed by atoms with Gasteiger partial charge in [0.25, 0.3) is 0 Å². The van der Waals surface area contributed by atoms with Gasteiger partial charge in [-0.25, -0.2) is 13.5 Å². The molecule has 5 nitrogen and oxygen atoms in total. The molecule has 7 heteroatoms. The van der Waals surface area contributed by atoms with Crippen molar-refractivity contribution >= 4 is 0 Å². The number of hydrogen-bond donors (Lipinski definition) is 1. The standard InChI is InChI=1S/C23H26F2N4O/c1-30-13-11-26-14-22-21-16-28(15-17-2-4-18(24)5-3-17)12-10-23(21)29(27-22)20-8-6-19(25)7-9-20/h2-9,26H,10-16H2,1H3. The average Bonchev–Trinajstić information content (AvgIpc) is 3.11. The number of nitrogens with one attached hydrogen (secondary N) is 1. The Kier molecular flexibility index (Phi) is 6.52. The number of fused-ring (bicyclic) bond motifs is 1. The smallest absolute Gasteiger partial charge is 0.123 e. The van der Waals surface area contributed by atoms with Gasteiger partial charge in [0.1, 0.15) is 11.6 Å². The lowest BCUT2D eigenvalue weighted by molar-refractivity contribution is 0.199. The summed E-state index contributed by atoms with van der Waals surface area (Å²) in [6, 6.07) is 13.1. The third-order valence-electron chi connectivity index (χ3n) is 5.39. The van der Waals surface area contributed by atoms with Crippen LogP contribution >= 0.6 is 0 Å². The van der Waals surface area contributed by atoms with Crippen molar-refractivity contribution in [3.8, 4) is 5.69 Å². The highest BCUT2D eigenvalue weighted by molar-refractivity contribution is 5.39. The summed E-state index contributed by atoms with van der Waals surface area (Å²) in [6.45, 7) is 4.44. The lowest BCUT2D eigenvalue weighted by Gasteiger charge is -2.28. The van der Waals surface area contributed by atoms with Gasteiger partial charge >= 0.3 is 0 Å². The quantitative estimate of drug-likeness (QED) is 0.576. The maximum atomic E-state index is 13.4. The fraction of sp³-hybridized carbons (Fsp3) is 0.348. The van der Waals surface area contributed by atoms with E-state index in [9.17, 15) is 8.78 Å². The van der Waals surface area contributed by atoms with Crippen molar-refractivity contribution in [2.45, 2.75) is 26.1 Å². The molecule has 4 rings (SSSR count). The second-order valence-corrected chi connectivity index (χ2v) is 7.52. The first-order valence-corrected chi connectivity index (χ1v) is 10.2. The first kappa shape index (κ1) is 20.7. The van der Waals surface area contributed by atoms with Gasteiger partial charge in [0.05, 0.1) is 23.7 Å². The zero-order valence-corrected chi connectivity index (χ0v) is 17.1. The first-order chi connectivity index (χ1) is 14.6. The number of ether oxygens (including phenoxy) is 1. The molecular weight excluding hydrogens is 386 g/mol. The van der Waals surface area contributed by atoms with Crippen LogP contribution in [-0.2, 0) is 30.8 Å². The predicted molar refractivity (Wildman–Crippen MR) is 111 cm³/mol. The van der Waals surface area contributed by atoms with Crippen molar-refractivity contribution in [3.05, 3.63) is 82.7 Å². The molecule has 0 spiro atoms. The molecule has 0 bridgehead atoms. The molecule has 30 heavy (non-hydrogen) atoms. The van der Waals surface area contributed by atoms with Gasteiger partial charge in [-0.05, 0) is 42.0 Å². The molecule has 0 unspecified atom stereocenters. The van der Waals surface area contributed by atoms with E-state index in [2.05, 4.69) is 10.2 Å². The molecule has 0 radical (unpaired) electrons. The number of nitrogens with zero attached hydrogens (tertiary/aromatic N) is 3. The summed E-state index contributed by atoms with van der Waals surface area (Å²) >= 11 is 0. The molecule has 1 N–H and O–H groups in total. The minimum Gasteiger partial charge on any atom is -0.383 e. The third kappa shape index (κ3) is 4.75. The SMILES string of the molecule is COCCNCc1nn(-c2ccc(F)cc2)c2c1CN(Cc1ccc(F)cc1)CC2. The fourth-order valence-electron chi connectivity index (χ4n) is 3.84. The van der Waals surface area contributed by atoms with E-state index in [0.29, 0.717) is 13.2 Å². The molecule has 0 amide bonds. The van der Waals surface area contributed by atoms with Crippen LogP contribution in [0, 0.1) is 11.6 Å². The highest BCUT2D eigenvalue weighted by Gasteiger charge is 2.25. The Hall–Kier alpha value is -2.61. The van der Waals surface area contributed by atoms with Crippen molar-refractivity contribution in [3.63, 3.8) is 0 Å². The lowest BCUT2D eigenvalue weighted by Crippen LogP contribution is -2.31. The minimum absolute atomic E-state index is 0.218. The van der Waals surface area contributed by atoms with E-state index in [0.717, 1.165) is 49.5 Å². The molecule has 158 valence electrons. The summed E-state index contributed by atoms with van der Waals surface area (Å²) < 4.78 is 33.7. The third-order valence-corrected chi connectivity index (χ3v) is 5.39. The van der Waals surface area contributed by atoms with E-state index in [1.54, 1.807) is 19.2 Å².